The van der Waals surface area contributed by atoms with E-state index >= 15 is 0 Å². The van der Waals surface area contributed by atoms with Crippen molar-refractivity contribution >= 4 is 17.3 Å². The molecule has 0 radical (unpaired) electrons. The van der Waals surface area contributed by atoms with Crippen LogP contribution >= 0.6 is 0 Å². The van der Waals surface area contributed by atoms with Crippen LogP contribution in [0.25, 0.3) is 5.69 Å². The third-order valence-corrected chi connectivity index (χ3v) is 5.65. The summed E-state index contributed by atoms with van der Waals surface area (Å²) in [4.78, 5) is 16.3. The molecule has 1 saturated heterocycles. The number of hydrogen-bond donors (Lipinski definition) is 3. The smallest absolute Gasteiger partial charge is 0.279 e. The molecule has 0 unspecified atom stereocenters. The molecule has 4 rings (SSSR count). The number of carbonyl (C=O) groups is 1. The van der Waals surface area contributed by atoms with E-state index in [0.29, 0.717) is 6.54 Å². The summed E-state index contributed by atoms with van der Waals surface area (Å²) in [6.45, 7) is 7.91. The minimum Gasteiger partial charge on any atom is -0.508 e. The van der Waals surface area contributed by atoms with Crippen molar-refractivity contribution in [3.05, 3.63) is 66.0 Å². The predicted octanol–water partition coefficient (Wildman–Crippen LogP) is 1.54. The summed E-state index contributed by atoms with van der Waals surface area (Å²) in [5.41, 5.74) is 4.63. The number of para-hydroxylation sites is 1. The molecule has 0 bridgehead atoms. The number of quaternary nitrogens is 1. The molecular weight excluding hydrogens is 378 g/mol. The molecule has 3 N–H and O–H groups in total. The van der Waals surface area contributed by atoms with Crippen LogP contribution in [0.4, 0.5) is 11.4 Å². The van der Waals surface area contributed by atoms with E-state index < -0.39 is 0 Å². The van der Waals surface area contributed by atoms with Gasteiger partial charge in [-0.05, 0) is 50.2 Å². The maximum atomic E-state index is 12.7. The zero-order valence-corrected chi connectivity index (χ0v) is 17.4. The SMILES string of the molecule is Cc1nn(-c2ccccc2)c(C)c1NC(=O)C[NH+]1CCN(c2ccc(O)cc2)CC1. The van der Waals surface area contributed by atoms with Crippen molar-refractivity contribution in [1.82, 2.24) is 9.78 Å². The number of amides is 1. The first-order chi connectivity index (χ1) is 14.5. The summed E-state index contributed by atoms with van der Waals surface area (Å²) in [6.07, 6.45) is 0. The highest BCUT2D eigenvalue weighted by Gasteiger charge is 2.23. The number of hydrogen-bond acceptors (Lipinski definition) is 4. The van der Waals surface area contributed by atoms with Gasteiger partial charge in [0.2, 0.25) is 0 Å². The Hall–Kier alpha value is -3.32. The second-order valence-electron chi connectivity index (χ2n) is 7.77. The Morgan fingerprint density at radius 2 is 1.70 bits per heavy atom. The van der Waals surface area contributed by atoms with Gasteiger partial charge in [-0.15, -0.1) is 0 Å². The number of carbonyl (C=O) groups excluding carboxylic acids is 1. The molecule has 1 aromatic heterocycles. The average molecular weight is 407 g/mol. The number of nitrogens with one attached hydrogen (secondary N) is 2. The number of aryl methyl sites for hydroxylation is 1. The number of nitrogens with zero attached hydrogens (tertiary/aromatic N) is 3. The van der Waals surface area contributed by atoms with Crippen LogP contribution in [0.15, 0.2) is 54.6 Å². The Balaban J connectivity index is 1.35. The lowest BCUT2D eigenvalue weighted by Crippen LogP contribution is -3.15. The minimum atomic E-state index is 0.0156. The fraction of sp³-hybridized carbons (Fsp3) is 0.304. The molecule has 2 heterocycles. The molecule has 156 valence electrons. The van der Waals surface area contributed by atoms with Crippen LogP contribution < -0.4 is 15.1 Å². The van der Waals surface area contributed by atoms with Crippen molar-refractivity contribution in [3.63, 3.8) is 0 Å². The van der Waals surface area contributed by atoms with Gasteiger partial charge in [0.15, 0.2) is 6.54 Å². The Labute approximate surface area is 176 Å². The van der Waals surface area contributed by atoms with Crippen LogP contribution in [0.2, 0.25) is 0 Å². The van der Waals surface area contributed by atoms with E-state index in [0.717, 1.165) is 54.6 Å². The number of rotatable bonds is 5. The second kappa shape index (κ2) is 8.59. The van der Waals surface area contributed by atoms with Gasteiger partial charge in [0.25, 0.3) is 5.91 Å². The molecule has 1 amide bonds. The third kappa shape index (κ3) is 4.31. The summed E-state index contributed by atoms with van der Waals surface area (Å²) in [6, 6.07) is 17.2. The fourth-order valence-electron chi connectivity index (χ4n) is 3.98. The van der Waals surface area contributed by atoms with Crippen LogP contribution in [-0.2, 0) is 4.79 Å². The quantitative estimate of drug-likeness (QED) is 0.601. The molecule has 2 aromatic carbocycles. The monoisotopic (exact) mass is 406 g/mol. The van der Waals surface area contributed by atoms with Crippen molar-refractivity contribution in [2.45, 2.75) is 13.8 Å². The zero-order valence-electron chi connectivity index (χ0n) is 17.4. The van der Waals surface area contributed by atoms with Crippen molar-refractivity contribution in [2.24, 2.45) is 0 Å². The van der Waals surface area contributed by atoms with Gasteiger partial charge >= 0.3 is 0 Å². The first-order valence-electron chi connectivity index (χ1n) is 10.3. The van der Waals surface area contributed by atoms with Gasteiger partial charge in [-0.25, -0.2) is 4.68 Å². The van der Waals surface area contributed by atoms with Gasteiger partial charge in [-0.3, -0.25) is 4.79 Å². The number of anilines is 2. The van der Waals surface area contributed by atoms with Crippen molar-refractivity contribution < 1.29 is 14.8 Å². The van der Waals surface area contributed by atoms with E-state index in [1.807, 2.05) is 61.0 Å². The zero-order chi connectivity index (χ0) is 21.1. The van der Waals surface area contributed by atoms with Crippen LogP contribution in [0.3, 0.4) is 0 Å². The molecule has 7 nitrogen and oxygen atoms in total. The van der Waals surface area contributed by atoms with Gasteiger partial charge < -0.3 is 20.2 Å². The lowest BCUT2D eigenvalue weighted by Gasteiger charge is -2.33. The molecule has 30 heavy (non-hydrogen) atoms. The van der Waals surface area contributed by atoms with Crippen LogP contribution in [-0.4, -0.2) is 53.5 Å². The first-order valence-corrected chi connectivity index (χ1v) is 10.3. The van der Waals surface area contributed by atoms with Crippen molar-refractivity contribution in [1.29, 1.82) is 0 Å². The Morgan fingerprint density at radius 3 is 2.37 bits per heavy atom. The van der Waals surface area contributed by atoms with Gasteiger partial charge in [-0.2, -0.15) is 5.10 Å². The molecule has 7 heteroatoms. The Bertz CT molecular complexity index is 1010. The first kappa shape index (κ1) is 20.0. The maximum absolute atomic E-state index is 12.7. The lowest BCUT2D eigenvalue weighted by molar-refractivity contribution is -0.892. The van der Waals surface area contributed by atoms with Crippen LogP contribution in [0.5, 0.6) is 5.75 Å². The number of piperazine rings is 1. The van der Waals surface area contributed by atoms with E-state index in [2.05, 4.69) is 15.3 Å². The van der Waals surface area contributed by atoms with Crippen molar-refractivity contribution in [3.8, 4) is 11.4 Å². The van der Waals surface area contributed by atoms with E-state index in [1.54, 1.807) is 12.1 Å². The van der Waals surface area contributed by atoms with E-state index in [9.17, 15) is 9.90 Å². The standard InChI is InChI=1S/C23H27N5O2/c1-17-23(18(2)28(25-17)20-6-4-3-5-7-20)24-22(30)16-26-12-14-27(15-13-26)19-8-10-21(29)11-9-19/h3-11,29H,12-16H2,1-2H3,(H,24,30)/p+1. The average Bonchev–Trinajstić information content (AvgIpc) is 3.04. The van der Waals surface area contributed by atoms with E-state index in [4.69, 9.17) is 0 Å². The summed E-state index contributed by atoms with van der Waals surface area (Å²) >= 11 is 0. The van der Waals surface area contributed by atoms with Gasteiger partial charge in [0, 0.05) is 5.69 Å². The summed E-state index contributed by atoms with van der Waals surface area (Å²) in [7, 11) is 0. The second-order valence-corrected chi connectivity index (χ2v) is 7.77. The minimum absolute atomic E-state index is 0.0156. The highest BCUT2D eigenvalue weighted by Crippen LogP contribution is 2.22. The van der Waals surface area contributed by atoms with E-state index in [1.165, 1.54) is 4.90 Å². The van der Waals surface area contributed by atoms with Crippen LogP contribution in [0.1, 0.15) is 11.4 Å². The molecule has 0 spiro atoms. The summed E-state index contributed by atoms with van der Waals surface area (Å²) in [5.74, 6) is 0.294. The van der Waals surface area contributed by atoms with Crippen LogP contribution in [0, 0.1) is 13.8 Å². The summed E-state index contributed by atoms with van der Waals surface area (Å²) in [5, 5.41) is 17.1. The molecule has 1 fully saturated rings. The van der Waals surface area contributed by atoms with Gasteiger partial charge in [-0.1, -0.05) is 18.2 Å². The summed E-state index contributed by atoms with van der Waals surface area (Å²) < 4.78 is 1.87. The topological polar surface area (TPSA) is 74.8 Å². The lowest BCUT2D eigenvalue weighted by atomic mass is 10.2. The molecular formula is C23H28N5O2+. The molecule has 1 aliphatic rings. The normalized spacial score (nSPS) is 14.7. The Morgan fingerprint density at radius 1 is 1.03 bits per heavy atom. The highest BCUT2D eigenvalue weighted by molar-refractivity contribution is 5.92. The highest BCUT2D eigenvalue weighted by atomic mass is 16.3. The number of aromatic nitrogens is 2. The molecule has 3 aromatic rings. The predicted molar refractivity (Wildman–Crippen MR) is 118 cm³/mol. The molecule has 0 aliphatic carbocycles. The largest absolute Gasteiger partial charge is 0.508 e. The van der Waals surface area contributed by atoms with Gasteiger partial charge in [0.1, 0.15) is 5.75 Å². The molecule has 0 saturated carbocycles. The Kier molecular flexibility index (Phi) is 5.72. The van der Waals surface area contributed by atoms with E-state index in [-0.39, 0.29) is 11.7 Å². The fourth-order valence-corrected chi connectivity index (χ4v) is 3.98. The number of benzene rings is 2. The van der Waals surface area contributed by atoms with Crippen molar-refractivity contribution in [2.75, 3.05) is 42.9 Å². The third-order valence-electron chi connectivity index (χ3n) is 5.65. The molecule has 0 atom stereocenters. The number of phenols is 1. The maximum Gasteiger partial charge on any atom is 0.279 e. The van der Waals surface area contributed by atoms with Gasteiger partial charge in [0.05, 0.1) is 48.9 Å². The number of aromatic hydroxyl groups is 1. The number of phenolic OH excluding ortho intramolecular Hbond substituents is 1. The molecule has 1 aliphatic heterocycles.